The van der Waals surface area contributed by atoms with Crippen LogP contribution in [0.1, 0.15) is 40.0 Å². The molecular formula is C11H19N2NaO3. The summed E-state index contributed by atoms with van der Waals surface area (Å²) in [6, 6.07) is 0. The van der Waals surface area contributed by atoms with Gasteiger partial charge < -0.3 is 15.7 Å². The second kappa shape index (κ2) is 6.73. The molecule has 0 radical (unpaired) electrons. The van der Waals surface area contributed by atoms with E-state index in [1.807, 2.05) is 13.8 Å². The van der Waals surface area contributed by atoms with E-state index in [-0.39, 0.29) is 35.5 Å². The molecule has 17 heavy (non-hydrogen) atoms. The Balaban J connectivity index is 0.00000256. The van der Waals surface area contributed by atoms with Gasteiger partial charge in [0.1, 0.15) is 5.41 Å². The standard InChI is InChI=1S/C11H19N2O3.Na/c1-4-6-7(3)11(5-2)8(14)12-10(16)13-9(11)15;/h7,10H,4-6H2,1-3H3,(H,12,14)(H,13,15);/q-1;+1. The fourth-order valence-corrected chi connectivity index (χ4v) is 2.43. The van der Waals surface area contributed by atoms with Crippen molar-refractivity contribution in [3.63, 3.8) is 0 Å². The molecule has 5 nitrogen and oxygen atoms in total. The van der Waals surface area contributed by atoms with E-state index >= 15 is 0 Å². The summed E-state index contributed by atoms with van der Waals surface area (Å²) in [5.74, 6) is -0.922. The third-order valence-electron chi connectivity index (χ3n) is 3.46. The van der Waals surface area contributed by atoms with E-state index in [9.17, 15) is 14.7 Å². The zero-order valence-electron chi connectivity index (χ0n) is 11.0. The molecule has 0 aliphatic carbocycles. The van der Waals surface area contributed by atoms with Crippen molar-refractivity contribution in [1.82, 2.24) is 10.6 Å². The number of hydrogen-bond acceptors (Lipinski definition) is 3. The predicted octanol–water partition coefficient (Wildman–Crippen LogP) is -3.29. The van der Waals surface area contributed by atoms with Gasteiger partial charge in [-0.1, -0.05) is 27.2 Å². The molecule has 1 rings (SSSR count). The van der Waals surface area contributed by atoms with Crippen molar-refractivity contribution in [2.45, 2.75) is 46.4 Å². The topological polar surface area (TPSA) is 81.3 Å². The van der Waals surface area contributed by atoms with Crippen molar-refractivity contribution in [1.29, 1.82) is 0 Å². The maximum atomic E-state index is 11.9. The molecule has 1 unspecified atom stereocenters. The molecule has 2 amide bonds. The van der Waals surface area contributed by atoms with Gasteiger partial charge in [0.2, 0.25) is 11.8 Å². The summed E-state index contributed by atoms with van der Waals surface area (Å²) in [6.07, 6.45) is 0.606. The number of hydrogen-bond donors (Lipinski definition) is 2. The third-order valence-corrected chi connectivity index (χ3v) is 3.46. The number of carbonyl (C=O) groups is 2. The van der Waals surface area contributed by atoms with Crippen molar-refractivity contribution in [2.24, 2.45) is 11.3 Å². The molecule has 2 N–H and O–H groups in total. The zero-order chi connectivity index (χ0) is 12.3. The molecule has 0 spiro atoms. The summed E-state index contributed by atoms with van der Waals surface area (Å²) in [5.41, 5.74) is -1.07. The van der Waals surface area contributed by atoms with E-state index in [1.54, 1.807) is 6.92 Å². The van der Waals surface area contributed by atoms with E-state index in [1.165, 1.54) is 0 Å². The molecule has 1 fully saturated rings. The van der Waals surface area contributed by atoms with Crippen LogP contribution in [0.2, 0.25) is 0 Å². The first kappa shape index (κ1) is 16.9. The molecule has 0 aromatic rings. The number of carbonyl (C=O) groups excluding carboxylic acids is 2. The second-order valence-electron chi connectivity index (χ2n) is 4.34. The minimum atomic E-state index is -1.51. The van der Waals surface area contributed by atoms with Crippen LogP contribution in [0, 0.1) is 11.3 Å². The average molecular weight is 250 g/mol. The molecular weight excluding hydrogens is 231 g/mol. The zero-order valence-corrected chi connectivity index (χ0v) is 13.0. The maximum absolute atomic E-state index is 11.9. The monoisotopic (exact) mass is 250 g/mol. The van der Waals surface area contributed by atoms with Gasteiger partial charge in [-0.2, -0.15) is 0 Å². The number of nitrogens with one attached hydrogen (secondary N) is 2. The Morgan fingerprint density at radius 1 is 1.29 bits per heavy atom. The van der Waals surface area contributed by atoms with Gasteiger partial charge in [0, 0.05) is 6.35 Å². The summed E-state index contributed by atoms with van der Waals surface area (Å²) < 4.78 is 0. The van der Waals surface area contributed by atoms with Gasteiger partial charge in [0.15, 0.2) is 0 Å². The van der Waals surface area contributed by atoms with Gasteiger partial charge in [0.25, 0.3) is 0 Å². The molecule has 1 heterocycles. The van der Waals surface area contributed by atoms with Crippen molar-refractivity contribution >= 4 is 11.8 Å². The van der Waals surface area contributed by atoms with Gasteiger partial charge in [-0.3, -0.25) is 9.59 Å². The summed E-state index contributed by atoms with van der Waals surface area (Å²) >= 11 is 0. The first-order valence-corrected chi connectivity index (χ1v) is 5.76. The van der Waals surface area contributed by atoms with E-state index in [0.717, 1.165) is 12.8 Å². The van der Waals surface area contributed by atoms with Crippen LogP contribution in [0.4, 0.5) is 0 Å². The maximum Gasteiger partial charge on any atom is 1.00 e. The minimum absolute atomic E-state index is 0. The molecule has 1 saturated heterocycles. The van der Waals surface area contributed by atoms with Crippen LogP contribution in [0.5, 0.6) is 0 Å². The third kappa shape index (κ3) is 3.02. The second-order valence-corrected chi connectivity index (χ2v) is 4.34. The first-order valence-electron chi connectivity index (χ1n) is 5.76. The molecule has 1 aliphatic heterocycles. The normalized spacial score (nSPS) is 30.0. The minimum Gasteiger partial charge on any atom is -0.820 e. The van der Waals surface area contributed by atoms with E-state index in [4.69, 9.17) is 0 Å². The Labute approximate surface area is 124 Å². The van der Waals surface area contributed by atoms with Crippen molar-refractivity contribution in [3.05, 3.63) is 0 Å². The smallest absolute Gasteiger partial charge is 0.820 e. The van der Waals surface area contributed by atoms with Crippen molar-refractivity contribution in [2.75, 3.05) is 0 Å². The molecule has 1 aliphatic rings. The van der Waals surface area contributed by atoms with Gasteiger partial charge in [-0.15, -0.1) is 0 Å². The van der Waals surface area contributed by atoms with Crippen LogP contribution >= 0.6 is 0 Å². The molecule has 6 heteroatoms. The molecule has 92 valence electrons. The first-order chi connectivity index (χ1) is 7.48. The van der Waals surface area contributed by atoms with Crippen LogP contribution in [0.15, 0.2) is 0 Å². The number of rotatable bonds is 4. The molecule has 0 saturated carbocycles. The Hall–Kier alpha value is -0.100. The van der Waals surface area contributed by atoms with Crippen LogP contribution in [0.25, 0.3) is 0 Å². The molecule has 0 aromatic carbocycles. The fourth-order valence-electron chi connectivity index (χ4n) is 2.43. The Morgan fingerprint density at radius 3 is 2.12 bits per heavy atom. The van der Waals surface area contributed by atoms with Crippen LogP contribution < -0.4 is 45.3 Å². The van der Waals surface area contributed by atoms with E-state index in [0.29, 0.717) is 6.42 Å². The van der Waals surface area contributed by atoms with Crippen molar-refractivity contribution < 1.29 is 44.3 Å². The Kier molecular flexibility index (Phi) is 6.69. The summed E-state index contributed by atoms with van der Waals surface area (Å²) in [7, 11) is 0. The van der Waals surface area contributed by atoms with Gasteiger partial charge in [0.05, 0.1) is 0 Å². The SMILES string of the molecule is CCCC(C)C1(CC)C(=O)NC([O-])NC1=O.[Na+]. The fraction of sp³-hybridized carbons (Fsp3) is 0.818. The Morgan fingerprint density at radius 2 is 1.76 bits per heavy atom. The van der Waals surface area contributed by atoms with E-state index in [2.05, 4.69) is 10.6 Å². The van der Waals surface area contributed by atoms with Gasteiger partial charge in [-0.25, -0.2) is 0 Å². The molecule has 1 atom stereocenters. The van der Waals surface area contributed by atoms with Crippen molar-refractivity contribution in [3.8, 4) is 0 Å². The summed E-state index contributed by atoms with van der Waals surface area (Å²) in [4.78, 5) is 23.8. The van der Waals surface area contributed by atoms with Crippen LogP contribution in [0.3, 0.4) is 0 Å². The van der Waals surface area contributed by atoms with Crippen LogP contribution in [-0.4, -0.2) is 18.2 Å². The number of amides is 2. The molecule has 0 bridgehead atoms. The Bertz CT molecular complexity index is 278. The van der Waals surface area contributed by atoms with E-state index < -0.39 is 23.6 Å². The quantitative estimate of drug-likeness (QED) is 0.405. The van der Waals surface area contributed by atoms with Gasteiger partial charge >= 0.3 is 29.6 Å². The predicted molar refractivity (Wildman–Crippen MR) is 56.9 cm³/mol. The summed E-state index contributed by atoms with van der Waals surface area (Å²) in [5, 5.41) is 15.6. The van der Waals surface area contributed by atoms with Crippen LogP contribution in [-0.2, 0) is 9.59 Å². The largest absolute Gasteiger partial charge is 1.00 e. The van der Waals surface area contributed by atoms with Gasteiger partial charge in [-0.05, 0) is 18.8 Å². The average Bonchev–Trinajstić information content (AvgIpc) is 2.18. The molecule has 0 aromatic heterocycles. The summed E-state index contributed by atoms with van der Waals surface area (Å²) in [6.45, 7) is 5.70.